The number of thioether (sulfide) groups is 1. The lowest BCUT2D eigenvalue weighted by Gasteiger charge is -2.34. The van der Waals surface area contributed by atoms with Crippen LogP contribution in [-0.2, 0) is 9.59 Å². The molecule has 3 heterocycles. The van der Waals surface area contributed by atoms with Gasteiger partial charge in [0.25, 0.3) is 0 Å². The van der Waals surface area contributed by atoms with E-state index < -0.39 is 11.8 Å². The SMILES string of the molecule is CCN1CCN(C(=O)N2CCS[C@H](c3ccco3)CC2)C(=O)C1=O. The van der Waals surface area contributed by atoms with Gasteiger partial charge in [0, 0.05) is 38.5 Å². The molecule has 4 amide bonds. The summed E-state index contributed by atoms with van der Waals surface area (Å²) in [5.74, 6) is 0.383. The van der Waals surface area contributed by atoms with Gasteiger partial charge in [-0.2, -0.15) is 0 Å². The predicted molar refractivity (Wildman–Crippen MR) is 89.5 cm³/mol. The van der Waals surface area contributed by atoms with Crippen LogP contribution in [0, 0.1) is 0 Å². The molecule has 24 heavy (non-hydrogen) atoms. The van der Waals surface area contributed by atoms with Crippen LogP contribution < -0.4 is 0 Å². The molecule has 7 nitrogen and oxygen atoms in total. The van der Waals surface area contributed by atoms with E-state index in [9.17, 15) is 14.4 Å². The number of hydrogen-bond acceptors (Lipinski definition) is 5. The molecule has 2 fully saturated rings. The highest BCUT2D eigenvalue weighted by Crippen LogP contribution is 2.34. The summed E-state index contributed by atoms with van der Waals surface area (Å²) in [6.45, 7) is 4.09. The molecule has 0 bridgehead atoms. The Balaban J connectivity index is 1.63. The summed E-state index contributed by atoms with van der Waals surface area (Å²) in [6, 6.07) is 3.45. The molecule has 2 aliphatic heterocycles. The summed E-state index contributed by atoms with van der Waals surface area (Å²) in [7, 11) is 0. The van der Waals surface area contributed by atoms with Gasteiger partial charge in [-0.1, -0.05) is 0 Å². The van der Waals surface area contributed by atoms with Gasteiger partial charge >= 0.3 is 17.8 Å². The van der Waals surface area contributed by atoms with Crippen LogP contribution in [0.5, 0.6) is 0 Å². The third kappa shape index (κ3) is 3.28. The highest BCUT2D eigenvalue weighted by atomic mass is 32.2. The van der Waals surface area contributed by atoms with Crippen molar-refractivity contribution in [2.24, 2.45) is 0 Å². The molecule has 0 unspecified atom stereocenters. The minimum Gasteiger partial charge on any atom is -0.468 e. The Labute approximate surface area is 144 Å². The van der Waals surface area contributed by atoms with Crippen molar-refractivity contribution in [3.05, 3.63) is 24.2 Å². The molecule has 130 valence electrons. The first-order valence-electron chi connectivity index (χ1n) is 8.16. The molecule has 1 atom stereocenters. The van der Waals surface area contributed by atoms with E-state index in [0.29, 0.717) is 26.2 Å². The van der Waals surface area contributed by atoms with E-state index in [4.69, 9.17) is 4.42 Å². The minimum absolute atomic E-state index is 0.215. The first-order valence-corrected chi connectivity index (χ1v) is 9.21. The average molecular weight is 351 g/mol. The van der Waals surface area contributed by atoms with Crippen LogP contribution >= 0.6 is 11.8 Å². The van der Waals surface area contributed by atoms with Crippen LogP contribution in [-0.4, -0.2) is 71.0 Å². The Morgan fingerprint density at radius 3 is 2.79 bits per heavy atom. The van der Waals surface area contributed by atoms with E-state index in [1.165, 1.54) is 4.90 Å². The maximum absolute atomic E-state index is 12.7. The first-order chi connectivity index (χ1) is 11.6. The zero-order valence-electron chi connectivity index (χ0n) is 13.6. The largest absolute Gasteiger partial charge is 0.468 e. The molecular weight excluding hydrogens is 330 g/mol. The second kappa shape index (κ2) is 7.29. The number of imide groups is 1. The van der Waals surface area contributed by atoms with Crippen molar-refractivity contribution in [3.63, 3.8) is 0 Å². The number of rotatable bonds is 2. The van der Waals surface area contributed by atoms with Crippen LogP contribution in [0.2, 0.25) is 0 Å². The van der Waals surface area contributed by atoms with Crippen molar-refractivity contribution >= 4 is 29.6 Å². The van der Waals surface area contributed by atoms with Gasteiger partial charge in [-0.25, -0.2) is 4.79 Å². The summed E-state index contributed by atoms with van der Waals surface area (Å²) < 4.78 is 5.46. The zero-order chi connectivity index (χ0) is 17.1. The lowest BCUT2D eigenvalue weighted by Crippen LogP contribution is -2.58. The Kier molecular flexibility index (Phi) is 5.13. The number of carbonyl (C=O) groups is 3. The molecule has 0 radical (unpaired) electrons. The van der Waals surface area contributed by atoms with Gasteiger partial charge in [0.1, 0.15) is 5.76 Å². The summed E-state index contributed by atoms with van der Waals surface area (Å²) >= 11 is 1.75. The van der Waals surface area contributed by atoms with Crippen LogP contribution in [0.1, 0.15) is 24.4 Å². The zero-order valence-corrected chi connectivity index (χ0v) is 14.5. The summed E-state index contributed by atoms with van der Waals surface area (Å²) in [5.41, 5.74) is 0. The van der Waals surface area contributed by atoms with Gasteiger partial charge in [0.05, 0.1) is 11.5 Å². The third-order valence-corrected chi connectivity index (χ3v) is 5.68. The van der Waals surface area contributed by atoms with Crippen molar-refractivity contribution in [1.82, 2.24) is 14.7 Å². The van der Waals surface area contributed by atoms with Gasteiger partial charge in [-0.3, -0.25) is 14.5 Å². The molecule has 0 saturated carbocycles. The molecule has 8 heteroatoms. The molecule has 0 aromatic carbocycles. The van der Waals surface area contributed by atoms with Crippen molar-refractivity contribution < 1.29 is 18.8 Å². The highest BCUT2D eigenvalue weighted by Gasteiger charge is 2.37. The van der Waals surface area contributed by atoms with Gasteiger partial charge < -0.3 is 14.2 Å². The molecule has 1 aromatic heterocycles. The smallest absolute Gasteiger partial charge is 0.327 e. The summed E-state index contributed by atoms with van der Waals surface area (Å²) in [5, 5.41) is 0.215. The molecule has 3 rings (SSSR count). The molecule has 0 N–H and O–H groups in total. The van der Waals surface area contributed by atoms with Crippen LogP contribution in [0.15, 0.2) is 22.8 Å². The quantitative estimate of drug-likeness (QED) is 0.756. The lowest BCUT2D eigenvalue weighted by atomic mass is 10.2. The van der Waals surface area contributed by atoms with E-state index in [2.05, 4.69) is 0 Å². The number of hydrogen-bond donors (Lipinski definition) is 0. The van der Waals surface area contributed by atoms with E-state index in [-0.39, 0.29) is 17.8 Å². The second-order valence-corrected chi connectivity index (χ2v) is 7.09. The van der Waals surface area contributed by atoms with Crippen molar-refractivity contribution in [3.8, 4) is 0 Å². The van der Waals surface area contributed by atoms with Gasteiger partial charge in [-0.15, -0.1) is 11.8 Å². The average Bonchev–Trinajstić information content (AvgIpc) is 3.01. The summed E-state index contributed by atoms with van der Waals surface area (Å²) in [4.78, 5) is 41.1. The maximum atomic E-state index is 12.7. The number of carbonyl (C=O) groups excluding carboxylic acids is 3. The van der Waals surface area contributed by atoms with E-state index in [1.807, 2.05) is 19.1 Å². The lowest BCUT2D eigenvalue weighted by molar-refractivity contribution is -0.153. The first kappa shape index (κ1) is 16.9. The maximum Gasteiger partial charge on any atom is 0.327 e. The molecule has 2 aliphatic rings. The number of amides is 4. The van der Waals surface area contributed by atoms with E-state index in [0.717, 1.165) is 22.8 Å². The van der Waals surface area contributed by atoms with E-state index >= 15 is 0 Å². The molecule has 0 spiro atoms. The predicted octanol–water partition coefficient (Wildman–Crippen LogP) is 1.57. The van der Waals surface area contributed by atoms with Crippen LogP contribution in [0.3, 0.4) is 0 Å². The fourth-order valence-electron chi connectivity index (χ4n) is 2.99. The highest BCUT2D eigenvalue weighted by molar-refractivity contribution is 7.99. The van der Waals surface area contributed by atoms with Gasteiger partial charge in [-0.05, 0) is 25.5 Å². The van der Waals surface area contributed by atoms with Gasteiger partial charge in [0.15, 0.2) is 0 Å². The fraction of sp³-hybridized carbons (Fsp3) is 0.562. The number of likely N-dealkylation sites (N-methyl/N-ethyl adjacent to an activating group) is 1. The Morgan fingerprint density at radius 2 is 2.08 bits per heavy atom. The van der Waals surface area contributed by atoms with E-state index in [1.54, 1.807) is 22.9 Å². The number of piperazine rings is 1. The normalized spacial score (nSPS) is 22.7. The van der Waals surface area contributed by atoms with Crippen molar-refractivity contribution in [2.45, 2.75) is 18.6 Å². The number of urea groups is 1. The Bertz CT molecular complexity index is 619. The molecule has 0 aliphatic carbocycles. The standard InChI is InChI=1S/C16H21N3O4S/c1-2-17-7-8-19(15(21)14(17)20)16(22)18-6-5-13(24-11-9-18)12-4-3-10-23-12/h3-4,10,13H,2,5-9,11H2,1H3/t13-/m0/s1. The van der Waals surface area contributed by atoms with Crippen molar-refractivity contribution in [2.75, 3.05) is 38.5 Å². The second-order valence-electron chi connectivity index (χ2n) is 5.77. The number of nitrogens with zero attached hydrogens (tertiary/aromatic N) is 3. The molecule has 1 aromatic rings. The Hall–Kier alpha value is -1.96. The minimum atomic E-state index is -0.715. The van der Waals surface area contributed by atoms with Crippen LogP contribution in [0.25, 0.3) is 0 Å². The summed E-state index contributed by atoms with van der Waals surface area (Å²) in [6.07, 6.45) is 2.42. The monoisotopic (exact) mass is 351 g/mol. The van der Waals surface area contributed by atoms with Gasteiger partial charge in [0.2, 0.25) is 0 Å². The topological polar surface area (TPSA) is 74.1 Å². The Morgan fingerprint density at radius 1 is 1.25 bits per heavy atom. The molecule has 2 saturated heterocycles. The fourth-order valence-corrected chi connectivity index (χ4v) is 4.17. The number of furan rings is 1. The molecular formula is C16H21N3O4S. The third-order valence-electron chi connectivity index (χ3n) is 4.39. The van der Waals surface area contributed by atoms with Crippen molar-refractivity contribution in [1.29, 1.82) is 0 Å². The van der Waals surface area contributed by atoms with Crippen LogP contribution in [0.4, 0.5) is 4.79 Å².